The first-order valence-electron chi connectivity index (χ1n) is 18.9. The molecular formula is C42H48Cl2N6O5. The highest BCUT2D eigenvalue weighted by Crippen LogP contribution is 2.39. The van der Waals surface area contributed by atoms with Crippen LogP contribution in [-0.2, 0) is 5.41 Å². The summed E-state index contributed by atoms with van der Waals surface area (Å²) in [7, 11) is 0. The smallest absolute Gasteiger partial charge is 0.330 e. The van der Waals surface area contributed by atoms with Crippen molar-refractivity contribution in [2.24, 2.45) is 0 Å². The van der Waals surface area contributed by atoms with Crippen LogP contribution >= 0.6 is 23.2 Å². The minimum atomic E-state index is -0.838. The number of H-pyrrole nitrogens is 2. The molecule has 290 valence electrons. The summed E-state index contributed by atoms with van der Waals surface area (Å²) in [6.07, 6.45) is 14.9. The van der Waals surface area contributed by atoms with E-state index >= 15 is 0 Å². The number of rotatable bonds is 9. The Morgan fingerprint density at radius 1 is 0.727 bits per heavy atom. The average Bonchev–Trinajstić information content (AvgIpc) is 3.77. The van der Waals surface area contributed by atoms with Gasteiger partial charge in [0.1, 0.15) is 0 Å². The van der Waals surface area contributed by atoms with Gasteiger partial charge >= 0.3 is 11.4 Å². The lowest BCUT2D eigenvalue weighted by Crippen LogP contribution is -2.44. The number of aromatic amines is 2. The molecule has 2 amide bonds. The van der Waals surface area contributed by atoms with Crippen LogP contribution in [0.1, 0.15) is 102 Å². The summed E-state index contributed by atoms with van der Waals surface area (Å²) in [5.74, 6) is -0.575. The molecule has 2 saturated carbocycles. The van der Waals surface area contributed by atoms with Gasteiger partial charge in [-0.15, -0.1) is 0 Å². The fraction of sp³-hybridized carbons (Fsp3) is 0.381. The van der Waals surface area contributed by atoms with Crippen LogP contribution in [-0.4, -0.2) is 54.7 Å². The molecule has 0 saturated heterocycles. The van der Waals surface area contributed by atoms with Crippen LogP contribution in [0.25, 0.3) is 11.4 Å². The fourth-order valence-corrected chi connectivity index (χ4v) is 8.08. The number of imidazole rings is 2. The van der Waals surface area contributed by atoms with Crippen molar-refractivity contribution < 1.29 is 14.7 Å². The zero-order chi connectivity index (χ0) is 39.2. The molecule has 55 heavy (non-hydrogen) atoms. The predicted molar refractivity (Wildman–Crippen MR) is 216 cm³/mol. The molecule has 0 radical (unpaired) electrons. The second kappa shape index (κ2) is 17.3. The summed E-state index contributed by atoms with van der Waals surface area (Å²) in [6.45, 7) is 4.68. The van der Waals surface area contributed by atoms with Gasteiger partial charge in [0, 0.05) is 42.8 Å². The van der Waals surface area contributed by atoms with Crippen molar-refractivity contribution in [3.63, 3.8) is 0 Å². The van der Waals surface area contributed by atoms with Crippen LogP contribution in [0.5, 0.6) is 0 Å². The summed E-state index contributed by atoms with van der Waals surface area (Å²) in [6, 6.07) is 18.6. The van der Waals surface area contributed by atoms with Gasteiger partial charge in [-0.3, -0.25) is 18.7 Å². The molecule has 2 aromatic heterocycles. The minimum absolute atomic E-state index is 0.0552. The van der Waals surface area contributed by atoms with Gasteiger partial charge < -0.3 is 25.7 Å². The van der Waals surface area contributed by atoms with Gasteiger partial charge in [0.25, 0.3) is 11.8 Å². The van der Waals surface area contributed by atoms with E-state index in [2.05, 4.69) is 51.8 Å². The minimum Gasteiger partial charge on any atom is -0.388 e. The van der Waals surface area contributed by atoms with Crippen molar-refractivity contribution in [2.75, 3.05) is 13.1 Å². The molecule has 13 heteroatoms. The first kappa shape index (κ1) is 39.8. The Kier molecular flexibility index (Phi) is 12.5. The Labute approximate surface area is 330 Å². The molecule has 0 spiro atoms. The number of aryl methyl sites for hydroxylation is 2. The Balaban J connectivity index is 0.000000193. The number of hydrogen-bond donors (Lipinski definition) is 5. The molecule has 0 aliphatic heterocycles. The molecule has 2 aliphatic rings. The number of aliphatic hydroxyl groups is 1. The van der Waals surface area contributed by atoms with E-state index in [-0.39, 0.29) is 40.7 Å². The number of nitrogens with one attached hydrogen (secondary N) is 4. The Morgan fingerprint density at radius 3 is 1.80 bits per heavy atom. The SMILES string of the molecule is Cc1ccc(C2(CNC(=O)c3cc(-n4cc(C)[nH]c4=O)ccc3Cl)CCCCC2)cc1.O=C(NCC1(O)CCCCC1)c1cc(-n2cc[nH]c2=O)ccc1Cl. The Morgan fingerprint density at radius 2 is 1.27 bits per heavy atom. The molecular weight excluding hydrogens is 739 g/mol. The van der Waals surface area contributed by atoms with E-state index in [1.807, 2.05) is 6.92 Å². The van der Waals surface area contributed by atoms with Gasteiger partial charge in [-0.05, 0) is 81.5 Å². The largest absolute Gasteiger partial charge is 0.388 e. The van der Waals surface area contributed by atoms with E-state index < -0.39 is 5.60 Å². The quantitative estimate of drug-likeness (QED) is 0.106. The van der Waals surface area contributed by atoms with Gasteiger partial charge in [-0.2, -0.15) is 0 Å². The van der Waals surface area contributed by atoms with Crippen molar-refractivity contribution in [1.82, 2.24) is 29.7 Å². The lowest BCUT2D eigenvalue weighted by molar-refractivity contribution is 0.00525. The molecule has 2 fully saturated rings. The molecule has 0 bridgehead atoms. The molecule has 7 rings (SSSR count). The number of benzene rings is 3. The van der Waals surface area contributed by atoms with Crippen molar-refractivity contribution in [1.29, 1.82) is 0 Å². The molecule has 2 heterocycles. The fourth-order valence-electron chi connectivity index (χ4n) is 7.68. The predicted octanol–water partition coefficient (Wildman–Crippen LogP) is 7.31. The van der Waals surface area contributed by atoms with E-state index in [1.165, 1.54) is 32.9 Å². The van der Waals surface area contributed by atoms with Crippen LogP contribution in [0.3, 0.4) is 0 Å². The van der Waals surface area contributed by atoms with E-state index in [0.717, 1.165) is 50.6 Å². The summed E-state index contributed by atoms with van der Waals surface area (Å²) in [5, 5.41) is 17.1. The Bertz CT molecular complexity index is 2240. The number of carbonyl (C=O) groups excluding carboxylic acids is 2. The van der Waals surface area contributed by atoms with Crippen LogP contribution < -0.4 is 22.0 Å². The maximum atomic E-state index is 13.1. The van der Waals surface area contributed by atoms with Crippen LogP contribution in [0.4, 0.5) is 0 Å². The highest BCUT2D eigenvalue weighted by molar-refractivity contribution is 6.34. The summed E-state index contributed by atoms with van der Waals surface area (Å²) in [4.78, 5) is 54.7. The van der Waals surface area contributed by atoms with Gasteiger partial charge in [0.05, 0.1) is 38.1 Å². The molecule has 5 N–H and O–H groups in total. The van der Waals surface area contributed by atoms with E-state index in [1.54, 1.807) is 48.8 Å². The molecule has 0 atom stereocenters. The van der Waals surface area contributed by atoms with Crippen LogP contribution in [0.2, 0.25) is 10.0 Å². The summed E-state index contributed by atoms with van der Waals surface area (Å²) < 4.78 is 2.87. The second-order valence-electron chi connectivity index (χ2n) is 14.9. The molecule has 11 nitrogen and oxygen atoms in total. The van der Waals surface area contributed by atoms with Gasteiger partial charge in [-0.25, -0.2) is 9.59 Å². The van der Waals surface area contributed by atoms with E-state index in [4.69, 9.17) is 23.2 Å². The van der Waals surface area contributed by atoms with Crippen molar-refractivity contribution in [2.45, 2.75) is 89.1 Å². The van der Waals surface area contributed by atoms with Gasteiger partial charge in [0.15, 0.2) is 0 Å². The van der Waals surface area contributed by atoms with Crippen LogP contribution in [0.15, 0.2) is 88.8 Å². The molecule has 0 unspecified atom stereocenters. The zero-order valence-corrected chi connectivity index (χ0v) is 32.7. The number of halogens is 2. The van der Waals surface area contributed by atoms with E-state index in [0.29, 0.717) is 46.4 Å². The number of carbonyl (C=O) groups is 2. The number of aromatic nitrogens is 4. The molecule has 2 aliphatic carbocycles. The normalized spacial score (nSPS) is 16.1. The highest BCUT2D eigenvalue weighted by atomic mass is 35.5. The second-order valence-corrected chi connectivity index (χ2v) is 15.7. The summed E-state index contributed by atoms with van der Waals surface area (Å²) in [5.41, 5.74) is 3.65. The van der Waals surface area contributed by atoms with Crippen molar-refractivity contribution >= 4 is 35.0 Å². The van der Waals surface area contributed by atoms with Gasteiger partial charge in [-0.1, -0.05) is 91.6 Å². The third-order valence-electron chi connectivity index (χ3n) is 10.9. The van der Waals surface area contributed by atoms with E-state index in [9.17, 15) is 24.3 Å². The topological polar surface area (TPSA) is 154 Å². The van der Waals surface area contributed by atoms with Crippen molar-refractivity contribution in [3.05, 3.63) is 138 Å². The first-order chi connectivity index (χ1) is 26.4. The third-order valence-corrected chi connectivity index (χ3v) is 11.5. The zero-order valence-electron chi connectivity index (χ0n) is 31.2. The number of nitrogens with zero attached hydrogens (tertiary/aromatic N) is 2. The highest BCUT2D eigenvalue weighted by Gasteiger charge is 2.34. The number of hydrogen-bond acceptors (Lipinski definition) is 5. The average molecular weight is 788 g/mol. The molecule has 3 aromatic carbocycles. The monoisotopic (exact) mass is 786 g/mol. The Hall–Kier alpha value is -4.84. The maximum absolute atomic E-state index is 13.1. The molecule has 5 aromatic rings. The number of amides is 2. The van der Waals surface area contributed by atoms with Crippen LogP contribution in [0, 0.1) is 13.8 Å². The third kappa shape index (κ3) is 9.52. The lowest BCUT2D eigenvalue weighted by Gasteiger charge is -2.38. The lowest BCUT2D eigenvalue weighted by atomic mass is 9.69. The van der Waals surface area contributed by atoms with Gasteiger partial charge in [0.2, 0.25) is 0 Å². The maximum Gasteiger partial charge on any atom is 0.330 e. The summed E-state index contributed by atoms with van der Waals surface area (Å²) >= 11 is 12.5. The van der Waals surface area contributed by atoms with Crippen molar-refractivity contribution in [3.8, 4) is 11.4 Å². The first-order valence-corrected chi connectivity index (χ1v) is 19.6. The standard InChI is InChI=1S/C25H28ClN3O2.C17H20ClN3O3/c1-17-6-8-19(9-7-17)25(12-4-3-5-13-25)16-27-23(30)21-14-20(10-11-22(21)26)29-15-18(2)28-24(29)31;18-14-5-4-12(21-9-8-19-16(21)23)10-13(14)15(22)20-11-17(24)6-2-1-3-7-17/h6-11,14-15H,3-5,12-13,16H2,1-2H3,(H,27,30)(H,28,31);4-5,8-10,24H,1-3,6-7,11H2,(H,19,23)(H,20,22).